The summed E-state index contributed by atoms with van der Waals surface area (Å²) in [6, 6.07) is 8.43. The predicted molar refractivity (Wildman–Crippen MR) is 80.7 cm³/mol. The van der Waals surface area contributed by atoms with Crippen molar-refractivity contribution in [2.24, 2.45) is 5.92 Å². The molecule has 0 saturated carbocycles. The van der Waals surface area contributed by atoms with Crippen molar-refractivity contribution in [2.75, 3.05) is 26.8 Å². The molecule has 1 aromatic carbocycles. The minimum Gasteiger partial charge on any atom is -0.381 e. The molecule has 1 saturated heterocycles. The molecule has 0 aliphatic carbocycles. The van der Waals surface area contributed by atoms with Crippen LogP contribution in [0, 0.1) is 12.8 Å². The van der Waals surface area contributed by atoms with Gasteiger partial charge in [-0.1, -0.05) is 29.8 Å². The van der Waals surface area contributed by atoms with Crippen LogP contribution in [0.3, 0.4) is 0 Å². The van der Waals surface area contributed by atoms with Crippen molar-refractivity contribution >= 4 is 5.91 Å². The molecule has 0 unspecified atom stereocenters. The summed E-state index contributed by atoms with van der Waals surface area (Å²) < 4.78 is 5.35. The molecule has 3 nitrogen and oxygen atoms in total. The van der Waals surface area contributed by atoms with E-state index in [-0.39, 0.29) is 5.91 Å². The molecule has 1 aliphatic heterocycles. The molecule has 0 bridgehead atoms. The second-order valence-electron chi connectivity index (χ2n) is 5.82. The van der Waals surface area contributed by atoms with E-state index >= 15 is 0 Å². The maximum absolute atomic E-state index is 12.2. The van der Waals surface area contributed by atoms with Gasteiger partial charge in [0.05, 0.1) is 0 Å². The molecule has 0 radical (unpaired) electrons. The summed E-state index contributed by atoms with van der Waals surface area (Å²) >= 11 is 0. The van der Waals surface area contributed by atoms with E-state index in [4.69, 9.17) is 4.74 Å². The monoisotopic (exact) mass is 275 g/mol. The average Bonchev–Trinajstić information content (AvgIpc) is 2.47. The fraction of sp³-hybridized carbons (Fsp3) is 0.588. The Hall–Kier alpha value is -1.35. The maximum atomic E-state index is 12.2. The lowest BCUT2D eigenvalue weighted by Gasteiger charge is -2.27. The average molecular weight is 275 g/mol. The number of rotatable bonds is 5. The van der Waals surface area contributed by atoms with Crippen LogP contribution in [0.1, 0.15) is 30.4 Å². The Kier molecular flexibility index (Phi) is 5.60. The number of hydrogen-bond acceptors (Lipinski definition) is 2. The van der Waals surface area contributed by atoms with Crippen molar-refractivity contribution < 1.29 is 9.53 Å². The fourth-order valence-electron chi connectivity index (χ4n) is 2.61. The Morgan fingerprint density at radius 3 is 2.55 bits per heavy atom. The molecule has 0 N–H and O–H groups in total. The molecule has 1 heterocycles. The van der Waals surface area contributed by atoms with E-state index in [1.165, 1.54) is 11.1 Å². The predicted octanol–water partition coefficient (Wildman–Crippen LogP) is 2.81. The number of carbonyl (C=O) groups excluding carboxylic acids is 1. The van der Waals surface area contributed by atoms with E-state index in [2.05, 4.69) is 31.2 Å². The Labute approximate surface area is 121 Å². The van der Waals surface area contributed by atoms with E-state index in [0.717, 1.165) is 39.0 Å². The SMILES string of the molecule is Cc1ccc(CCC(=O)N(C)CC2CCOCC2)cc1. The van der Waals surface area contributed by atoms with Gasteiger partial charge in [0, 0.05) is 33.2 Å². The Bertz CT molecular complexity index is 421. The van der Waals surface area contributed by atoms with E-state index in [1.807, 2.05) is 11.9 Å². The van der Waals surface area contributed by atoms with Gasteiger partial charge in [-0.2, -0.15) is 0 Å². The van der Waals surface area contributed by atoms with Gasteiger partial charge < -0.3 is 9.64 Å². The summed E-state index contributed by atoms with van der Waals surface area (Å²) in [6.45, 7) is 4.64. The van der Waals surface area contributed by atoms with Gasteiger partial charge >= 0.3 is 0 Å². The van der Waals surface area contributed by atoms with Crippen molar-refractivity contribution in [3.8, 4) is 0 Å². The van der Waals surface area contributed by atoms with Crippen LogP contribution in [0.5, 0.6) is 0 Å². The molecule has 0 spiro atoms. The molecule has 1 aliphatic rings. The van der Waals surface area contributed by atoms with Gasteiger partial charge in [-0.3, -0.25) is 4.79 Å². The minimum absolute atomic E-state index is 0.247. The molecular weight excluding hydrogens is 250 g/mol. The summed E-state index contributed by atoms with van der Waals surface area (Å²) in [7, 11) is 1.92. The number of ether oxygens (including phenoxy) is 1. The molecule has 1 amide bonds. The second kappa shape index (κ2) is 7.44. The van der Waals surface area contributed by atoms with Crippen LogP contribution < -0.4 is 0 Å². The first-order chi connectivity index (χ1) is 9.65. The van der Waals surface area contributed by atoms with Crippen molar-refractivity contribution in [3.05, 3.63) is 35.4 Å². The normalized spacial score (nSPS) is 16.1. The molecule has 0 atom stereocenters. The molecular formula is C17H25NO2. The zero-order chi connectivity index (χ0) is 14.4. The van der Waals surface area contributed by atoms with Crippen LogP contribution in [-0.2, 0) is 16.0 Å². The first-order valence-corrected chi connectivity index (χ1v) is 7.52. The lowest BCUT2D eigenvalue weighted by atomic mass is 9.99. The summed E-state index contributed by atoms with van der Waals surface area (Å²) in [5.74, 6) is 0.856. The highest BCUT2D eigenvalue weighted by atomic mass is 16.5. The van der Waals surface area contributed by atoms with E-state index < -0.39 is 0 Å². The van der Waals surface area contributed by atoms with Gasteiger partial charge in [0.2, 0.25) is 5.91 Å². The topological polar surface area (TPSA) is 29.5 Å². The summed E-state index contributed by atoms with van der Waals surface area (Å²) in [5, 5.41) is 0. The van der Waals surface area contributed by atoms with Gasteiger partial charge in [-0.15, -0.1) is 0 Å². The summed E-state index contributed by atoms with van der Waals surface area (Å²) in [5.41, 5.74) is 2.50. The lowest BCUT2D eigenvalue weighted by molar-refractivity contribution is -0.130. The number of aryl methyl sites for hydroxylation is 2. The zero-order valence-corrected chi connectivity index (χ0v) is 12.6. The van der Waals surface area contributed by atoms with Crippen LogP contribution in [0.2, 0.25) is 0 Å². The summed E-state index contributed by atoms with van der Waals surface area (Å²) in [6.07, 6.45) is 3.59. The standard InChI is InChI=1S/C17H25NO2/c1-14-3-5-15(6-4-14)7-8-17(19)18(2)13-16-9-11-20-12-10-16/h3-6,16H,7-13H2,1-2H3. The van der Waals surface area contributed by atoms with E-state index in [0.29, 0.717) is 12.3 Å². The van der Waals surface area contributed by atoms with E-state index in [1.54, 1.807) is 0 Å². The highest BCUT2D eigenvalue weighted by Crippen LogP contribution is 2.16. The van der Waals surface area contributed by atoms with Crippen LogP contribution in [0.15, 0.2) is 24.3 Å². The number of hydrogen-bond donors (Lipinski definition) is 0. The second-order valence-corrected chi connectivity index (χ2v) is 5.82. The van der Waals surface area contributed by atoms with Crippen LogP contribution in [-0.4, -0.2) is 37.6 Å². The number of amides is 1. The van der Waals surface area contributed by atoms with Gasteiger partial charge in [-0.25, -0.2) is 0 Å². The van der Waals surface area contributed by atoms with Gasteiger partial charge in [-0.05, 0) is 37.7 Å². The first-order valence-electron chi connectivity index (χ1n) is 7.52. The maximum Gasteiger partial charge on any atom is 0.222 e. The van der Waals surface area contributed by atoms with Crippen molar-refractivity contribution in [2.45, 2.75) is 32.6 Å². The van der Waals surface area contributed by atoms with Crippen LogP contribution in [0.25, 0.3) is 0 Å². The molecule has 110 valence electrons. The lowest BCUT2D eigenvalue weighted by Crippen LogP contribution is -2.34. The van der Waals surface area contributed by atoms with Crippen LogP contribution in [0.4, 0.5) is 0 Å². The third-order valence-electron chi connectivity index (χ3n) is 4.05. The van der Waals surface area contributed by atoms with Gasteiger partial charge in [0.1, 0.15) is 0 Å². The highest BCUT2D eigenvalue weighted by molar-refractivity contribution is 5.76. The molecule has 20 heavy (non-hydrogen) atoms. The van der Waals surface area contributed by atoms with Gasteiger partial charge in [0.15, 0.2) is 0 Å². The number of benzene rings is 1. The molecule has 2 rings (SSSR count). The highest BCUT2D eigenvalue weighted by Gasteiger charge is 2.18. The largest absolute Gasteiger partial charge is 0.381 e. The van der Waals surface area contributed by atoms with E-state index in [9.17, 15) is 4.79 Å². The smallest absolute Gasteiger partial charge is 0.222 e. The third kappa shape index (κ3) is 4.64. The quantitative estimate of drug-likeness (QED) is 0.827. The summed E-state index contributed by atoms with van der Waals surface area (Å²) in [4.78, 5) is 14.0. The molecule has 1 aromatic rings. The van der Waals surface area contributed by atoms with Crippen molar-refractivity contribution in [1.82, 2.24) is 4.90 Å². The van der Waals surface area contributed by atoms with Crippen molar-refractivity contribution in [3.63, 3.8) is 0 Å². The Balaban J connectivity index is 1.74. The molecule has 0 aromatic heterocycles. The van der Waals surface area contributed by atoms with Gasteiger partial charge in [0.25, 0.3) is 0 Å². The molecule has 1 fully saturated rings. The third-order valence-corrected chi connectivity index (χ3v) is 4.05. The van der Waals surface area contributed by atoms with Crippen LogP contribution >= 0.6 is 0 Å². The number of carbonyl (C=O) groups is 1. The minimum atomic E-state index is 0.247. The molecule has 3 heteroatoms. The zero-order valence-electron chi connectivity index (χ0n) is 12.6. The fourth-order valence-corrected chi connectivity index (χ4v) is 2.61. The Morgan fingerprint density at radius 1 is 1.25 bits per heavy atom. The number of nitrogens with zero attached hydrogens (tertiary/aromatic N) is 1. The van der Waals surface area contributed by atoms with Crippen molar-refractivity contribution in [1.29, 1.82) is 0 Å². The Morgan fingerprint density at radius 2 is 1.90 bits per heavy atom. The first kappa shape index (κ1) is 15.0.